The molecule has 1 N–H and O–H groups in total. The highest BCUT2D eigenvalue weighted by Crippen LogP contribution is 2.27. The van der Waals surface area contributed by atoms with Crippen molar-refractivity contribution in [3.63, 3.8) is 0 Å². The molecule has 0 bridgehead atoms. The molecule has 1 aliphatic rings. The van der Waals surface area contributed by atoms with Gasteiger partial charge in [-0.1, -0.05) is 12.1 Å². The van der Waals surface area contributed by atoms with Gasteiger partial charge >= 0.3 is 0 Å². The molecule has 0 aromatic heterocycles. The molecule has 2 aromatic carbocycles. The minimum absolute atomic E-state index is 0.0559. The zero-order valence-electron chi connectivity index (χ0n) is 16.7. The van der Waals surface area contributed by atoms with Crippen molar-refractivity contribution < 1.29 is 23.8 Å². The number of methoxy groups -OCH3 is 1. The number of amides is 2. The lowest BCUT2D eigenvalue weighted by Gasteiger charge is -2.17. The van der Waals surface area contributed by atoms with Crippen LogP contribution in [0.25, 0.3) is 0 Å². The van der Waals surface area contributed by atoms with Crippen LogP contribution in [0.15, 0.2) is 48.5 Å². The number of anilines is 1. The van der Waals surface area contributed by atoms with E-state index in [4.69, 9.17) is 14.2 Å². The predicted molar refractivity (Wildman–Crippen MR) is 110 cm³/mol. The molecular formula is C22H26N2O5. The molecule has 2 amide bonds. The molecule has 0 radical (unpaired) electrons. The number of ether oxygens (including phenoxy) is 3. The zero-order chi connectivity index (χ0) is 20.6. The van der Waals surface area contributed by atoms with Gasteiger partial charge in [-0.3, -0.25) is 9.59 Å². The van der Waals surface area contributed by atoms with Gasteiger partial charge in [-0.25, -0.2) is 0 Å². The maximum Gasteiger partial charge on any atom is 0.227 e. The average molecular weight is 398 g/mol. The summed E-state index contributed by atoms with van der Waals surface area (Å²) < 4.78 is 16.3. The van der Waals surface area contributed by atoms with Gasteiger partial charge in [0, 0.05) is 18.7 Å². The van der Waals surface area contributed by atoms with E-state index in [1.807, 2.05) is 55.5 Å². The van der Waals surface area contributed by atoms with E-state index in [1.54, 1.807) is 12.0 Å². The molecule has 3 rings (SSSR count). The lowest BCUT2D eigenvalue weighted by molar-refractivity contribution is -0.126. The van der Waals surface area contributed by atoms with Crippen LogP contribution in [0.1, 0.15) is 13.3 Å². The molecule has 29 heavy (non-hydrogen) atoms. The number of nitrogens with one attached hydrogen (secondary N) is 1. The Kier molecular flexibility index (Phi) is 6.94. The number of hydrogen-bond acceptors (Lipinski definition) is 5. The van der Waals surface area contributed by atoms with E-state index in [-0.39, 0.29) is 24.2 Å². The van der Waals surface area contributed by atoms with Gasteiger partial charge in [-0.2, -0.15) is 0 Å². The summed E-state index contributed by atoms with van der Waals surface area (Å²) in [5.41, 5.74) is 0.772. The fourth-order valence-electron chi connectivity index (χ4n) is 3.24. The van der Waals surface area contributed by atoms with Crippen LogP contribution < -0.4 is 24.4 Å². The van der Waals surface area contributed by atoms with Crippen molar-refractivity contribution in [2.45, 2.75) is 13.3 Å². The number of benzene rings is 2. The maximum atomic E-state index is 12.5. The Morgan fingerprint density at radius 3 is 2.52 bits per heavy atom. The molecule has 0 saturated carbocycles. The van der Waals surface area contributed by atoms with Crippen molar-refractivity contribution >= 4 is 17.5 Å². The van der Waals surface area contributed by atoms with Gasteiger partial charge in [0.2, 0.25) is 11.8 Å². The van der Waals surface area contributed by atoms with Crippen LogP contribution in [0.3, 0.4) is 0 Å². The van der Waals surface area contributed by atoms with E-state index in [1.165, 1.54) is 0 Å². The summed E-state index contributed by atoms with van der Waals surface area (Å²) in [7, 11) is 1.58. The van der Waals surface area contributed by atoms with Gasteiger partial charge in [0.1, 0.15) is 12.4 Å². The van der Waals surface area contributed by atoms with E-state index in [9.17, 15) is 9.59 Å². The molecule has 1 fully saturated rings. The minimum Gasteiger partial charge on any atom is -0.494 e. The molecule has 1 aliphatic heterocycles. The highest BCUT2D eigenvalue weighted by molar-refractivity contribution is 6.00. The summed E-state index contributed by atoms with van der Waals surface area (Å²) in [5, 5.41) is 2.85. The highest BCUT2D eigenvalue weighted by atomic mass is 16.5. The predicted octanol–water partition coefficient (Wildman–Crippen LogP) is 2.64. The van der Waals surface area contributed by atoms with Crippen molar-refractivity contribution in [1.29, 1.82) is 0 Å². The second-order valence-corrected chi connectivity index (χ2v) is 6.62. The maximum absolute atomic E-state index is 12.5. The Bertz CT molecular complexity index is 837. The lowest BCUT2D eigenvalue weighted by atomic mass is 10.1. The summed E-state index contributed by atoms with van der Waals surface area (Å²) in [5.74, 6) is 1.45. The Balaban J connectivity index is 1.47. The van der Waals surface area contributed by atoms with Crippen LogP contribution in [0, 0.1) is 5.92 Å². The molecule has 1 saturated heterocycles. The topological polar surface area (TPSA) is 77.1 Å². The Morgan fingerprint density at radius 2 is 1.83 bits per heavy atom. The summed E-state index contributed by atoms with van der Waals surface area (Å²) >= 11 is 0. The Hall–Kier alpha value is -3.22. The average Bonchev–Trinajstić information content (AvgIpc) is 3.14. The van der Waals surface area contributed by atoms with Gasteiger partial charge in [0.05, 0.1) is 26.2 Å². The van der Waals surface area contributed by atoms with E-state index in [0.717, 1.165) is 11.4 Å². The molecule has 1 atom stereocenters. The third-order valence-corrected chi connectivity index (χ3v) is 4.68. The van der Waals surface area contributed by atoms with Crippen molar-refractivity contribution in [3.8, 4) is 17.2 Å². The first-order valence-electron chi connectivity index (χ1n) is 9.69. The van der Waals surface area contributed by atoms with Crippen LogP contribution in [0.2, 0.25) is 0 Å². The van der Waals surface area contributed by atoms with Crippen molar-refractivity contribution in [1.82, 2.24) is 5.32 Å². The smallest absolute Gasteiger partial charge is 0.227 e. The molecular weight excluding hydrogens is 372 g/mol. The second kappa shape index (κ2) is 9.82. The first-order valence-corrected chi connectivity index (χ1v) is 9.69. The molecule has 2 aromatic rings. The number of nitrogens with zero attached hydrogens (tertiary/aromatic N) is 1. The van der Waals surface area contributed by atoms with Crippen LogP contribution in [-0.2, 0) is 9.59 Å². The summed E-state index contributed by atoms with van der Waals surface area (Å²) in [6.45, 7) is 3.54. The number of para-hydroxylation sites is 2. The van der Waals surface area contributed by atoms with Crippen LogP contribution in [0.4, 0.5) is 5.69 Å². The quantitative estimate of drug-likeness (QED) is 0.657. The summed E-state index contributed by atoms with van der Waals surface area (Å²) in [6, 6.07) is 14.7. The summed E-state index contributed by atoms with van der Waals surface area (Å²) in [4.78, 5) is 26.5. The van der Waals surface area contributed by atoms with Crippen molar-refractivity contribution in [2.24, 2.45) is 5.92 Å². The van der Waals surface area contributed by atoms with E-state index < -0.39 is 0 Å². The number of carbonyl (C=O) groups excluding carboxylic acids is 2. The largest absolute Gasteiger partial charge is 0.494 e. The molecule has 1 unspecified atom stereocenters. The lowest BCUT2D eigenvalue weighted by Crippen LogP contribution is -2.35. The van der Waals surface area contributed by atoms with Gasteiger partial charge in [-0.05, 0) is 43.3 Å². The third kappa shape index (κ3) is 5.19. The van der Waals surface area contributed by atoms with Crippen molar-refractivity contribution in [3.05, 3.63) is 48.5 Å². The van der Waals surface area contributed by atoms with Crippen LogP contribution in [0.5, 0.6) is 17.2 Å². The molecule has 0 aliphatic carbocycles. The first-order chi connectivity index (χ1) is 14.1. The summed E-state index contributed by atoms with van der Waals surface area (Å²) in [6.07, 6.45) is 0.201. The van der Waals surface area contributed by atoms with Gasteiger partial charge in [0.15, 0.2) is 11.5 Å². The molecule has 154 valence electrons. The zero-order valence-corrected chi connectivity index (χ0v) is 16.7. The van der Waals surface area contributed by atoms with Crippen LogP contribution >= 0.6 is 0 Å². The standard InChI is InChI=1S/C22H26N2O5/c1-3-28-18-10-8-17(9-11-18)24-15-16(14-21(24)25)22(26)23-12-13-29-20-7-5-4-6-19(20)27-2/h4-11,16H,3,12-15H2,1-2H3,(H,23,26). The van der Waals surface area contributed by atoms with Crippen LogP contribution in [-0.4, -0.2) is 45.2 Å². The fourth-order valence-corrected chi connectivity index (χ4v) is 3.24. The Morgan fingerprint density at radius 1 is 1.10 bits per heavy atom. The Labute approximate surface area is 170 Å². The number of rotatable bonds is 9. The fraction of sp³-hybridized carbons (Fsp3) is 0.364. The SMILES string of the molecule is CCOc1ccc(N2CC(C(=O)NCCOc3ccccc3OC)CC2=O)cc1. The monoisotopic (exact) mass is 398 g/mol. The minimum atomic E-state index is -0.375. The van der Waals surface area contributed by atoms with Gasteiger partial charge < -0.3 is 24.4 Å². The normalized spacial score (nSPS) is 15.9. The second-order valence-electron chi connectivity index (χ2n) is 6.62. The molecule has 7 nitrogen and oxygen atoms in total. The highest BCUT2D eigenvalue weighted by Gasteiger charge is 2.34. The van der Waals surface area contributed by atoms with Gasteiger partial charge in [-0.15, -0.1) is 0 Å². The number of hydrogen-bond donors (Lipinski definition) is 1. The molecule has 1 heterocycles. The van der Waals surface area contributed by atoms with Gasteiger partial charge in [0.25, 0.3) is 0 Å². The molecule has 0 spiro atoms. The van der Waals surface area contributed by atoms with E-state index in [0.29, 0.717) is 37.8 Å². The first kappa shape index (κ1) is 20.5. The third-order valence-electron chi connectivity index (χ3n) is 4.68. The molecule has 7 heteroatoms. The number of carbonyl (C=O) groups is 2. The van der Waals surface area contributed by atoms with Crippen molar-refractivity contribution in [2.75, 3.05) is 38.3 Å². The van der Waals surface area contributed by atoms with E-state index >= 15 is 0 Å². The van der Waals surface area contributed by atoms with E-state index in [2.05, 4.69) is 5.32 Å².